The van der Waals surface area contributed by atoms with Crippen LogP contribution in [0.15, 0.2) is 35.3 Å². The Labute approximate surface area is 204 Å². The van der Waals surface area contributed by atoms with Gasteiger partial charge in [0.05, 0.1) is 17.1 Å². The molecule has 1 aromatic carbocycles. The number of rotatable bonds is 9. The first-order valence-electron chi connectivity index (χ1n) is 12.1. The van der Waals surface area contributed by atoms with Crippen LogP contribution >= 0.6 is 0 Å². The quantitative estimate of drug-likeness (QED) is 0.427. The number of fused-ring (bicyclic) bond motifs is 1. The summed E-state index contributed by atoms with van der Waals surface area (Å²) in [6.45, 7) is 6.07. The van der Waals surface area contributed by atoms with Gasteiger partial charge in [-0.3, -0.25) is 9.59 Å². The van der Waals surface area contributed by atoms with Gasteiger partial charge in [-0.15, -0.1) is 0 Å². The van der Waals surface area contributed by atoms with Crippen LogP contribution in [-0.2, 0) is 29.5 Å². The smallest absolute Gasteiger partial charge is 0.323 e. The minimum Gasteiger partial charge on any atom is -0.480 e. The van der Waals surface area contributed by atoms with Crippen LogP contribution in [0.3, 0.4) is 0 Å². The molecule has 0 aliphatic carbocycles. The van der Waals surface area contributed by atoms with Crippen molar-refractivity contribution in [3.8, 4) is 11.4 Å². The molecular formula is C26H34N4O5. The van der Waals surface area contributed by atoms with E-state index in [9.17, 15) is 19.8 Å². The van der Waals surface area contributed by atoms with Crippen LogP contribution in [0.4, 0.5) is 0 Å². The number of pyridine rings is 1. The highest BCUT2D eigenvalue weighted by molar-refractivity contribution is 5.81. The van der Waals surface area contributed by atoms with Gasteiger partial charge in [-0.2, -0.15) is 0 Å². The number of aromatic nitrogens is 3. The molecule has 9 heteroatoms. The van der Waals surface area contributed by atoms with Crippen molar-refractivity contribution in [3.63, 3.8) is 0 Å². The van der Waals surface area contributed by atoms with Gasteiger partial charge in [-0.25, -0.2) is 4.98 Å². The number of aliphatic carboxylic acids is 1. The number of benzene rings is 1. The van der Waals surface area contributed by atoms with E-state index in [0.29, 0.717) is 24.4 Å². The molecule has 3 N–H and O–H groups in total. The Morgan fingerprint density at radius 3 is 2.69 bits per heavy atom. The Hall–Kier alpha value is -3.01. The molecule has 3 aromatic rings. The summed E-state index contributed by atoms with van der Waals surface area (Å²) in [5.41, 5.74) is 4.47. The van der Waals surface area contributed by atoms with Crippen LogP contribution in [0, 0.1) is 12.8 Å². The summed E-state index contributed by atoms with van der Waals surface area (Å²) >= 11 is 0. The van der Waals surface area contributed by atoms with E-state index < -0.39 is 18.1 Å². The fraction of sp³-hybridized carbons (Fsp3) is 0.500. The second kappa shape index (κ2) is 10.7. The van der Waals surface area contributed by atoms with Crippen molar-refractivity contribution in [2.45, 2.75) is 51.8 Å². The topological polar surface area (TPSA) is 119 Å². The van der Waals surface area contributed by atoms with Gasteiger partial charge in [0.15, 0.2) is 0 Å². The largest absolute Gasteiger partial charge is 0.480 e. The van der Waals surface area contributed by atoms with E-state index in [0.717, 1.165) is 60.6 Å². The molecular weight excluding hydrogens is 448 g/mol. The van der Waals surface area contributed by atoms with Crippen molar-refractivity contribution >= 4 is 17.0 Å². The van der Waals surface area contributed by atoms with Crippen molar-refractivity contribution < 1.29 is 19.7 Å². The molecule has 35 heavy (non-hydrogen) atoms. The maximum absolute atomic E-state index is 12.3. The Kier molecular flexibility index (Phi) is 7.69. The molecule has 0 unspecified atom stereocenters. The summed E-state index contributed by atoms with van der Waals surface area (Å²) < 4.78 is 9.39. The minimum absolute atomic E-state index is 0.0208. The van der Waals surface area contributed by atoms with Gasteiger partial charge in [0.2, 0.25) is 0 Å². The predicted octanol–water partition coefficient (Wildman–Crippen LogP) is 2.10. The van der Waals surface area contributed by atoms with E-state index in [1.165, 1.54) is 6.92 Å². The van der Waals surface area contributed by atoms with E-state index in [2.05, 4.69) is 16.0 Å². The number of aliphatic hydroxyl groups excluding tert-OH is 1. The molecule has 1 saturated heterocycles. The SMILES string of the molecule is Cc1cc(-c2nc3cc(CCN[C@H](C(=O)O)[C@@H](C)O)ccc3n2CC2CCOCC2)cn(C)c1=O. The Bertz CT molecular complexity index is 1230. The van der Waals surface area contributed by atoms with Gasteiger partial charge >= 0.3 is 5.97 Å². The van der Waals surface area contributed by atoms with Gasteiger partial charge in [-0.05, 0) is 62.8 Å². The Morgan fingerprint density at radius 2 is 2.03 bits per heavy atom. The molecule has 4 rings (SSSR count). The van der Waals surface area contributed by atoms with E-state index >= 15 is 0 Å². The fourth-order valence-corrected chi connectivity index (χ4v) is 4.76. The first kappa shape index (κ1) is 25.1. The van der Waals surface area contributed by atoms with Crippen molar-refractivity contribution in [2.75, 3.05) is 19.8 Å². The molecule has 0 saturated carbocycles. The molecule has 0 bridgehead atoms. The van der Waals surface area contributed by atoms with Gasteiger partial charge in [0.25, 0.3) is 5.56 Å². The van der Waals surface area contributed by atoms with Gasteiger partial charge < -0.3 is 29.4 Å². The average Bonchev–Trinajstić information content (AvgIpc) is 3.17. The minimum atomic E-state index is -1.07. The number of hydrogen-bond donors (Lipinski definition) is 3. The van der Waals surface area contributed by atoms with Crippen LogP contribution in [0.1, 0.15) is 30.9 Å². The van der Waals surface area contributed by atoms with Crippen LogP contribution in [0.25, 0.3) is 22.4 Å². The first-order valence-corrected chi connectivity index (χ1v) is 12.1. The predicted molar refractivity (Wildman–Crippen MR) is 134 cm³/mol. The summed E-state index contributed by atoms with van der Waals surface area (Å²) in [4.78, 5) is 28.6. The van der Waals surface area contributed by atoms with Crippen LogP contribution < -0.4 is 10.9 Å². The zero-order valence-corrected chi connectivity index (χ0v) is 20.5. The zero-order chi connectivity index (χ0) is 25.1. The molecule has 2 aromatic heterocycles. The third-order valence-electron chi connectivity index (χ3n) is 6.74. The number of imidazole rings is 1. The Morgan fingerprint density at radius 1 is 1.29 bits per heavy atom. The highest BCUT2D eigenvalue weighted by atomic mass is 16.5. The van der Waals surface area contributed by atoms with Crippen molar-refractivity contribution in [3.05, 3.63) is 51.9 Å². The number of carboxylic acid groups (broad SMARTS) is 1. The molecule has 3 heterocycles. The standard InChI is InChI=1S/C26H34N4O5/c1-16-12-20(15-29(3)25(16)32)24-28-21-13-18(6-9-27-23(17(2)31)26(33)34)4-5-22(21)30(24)14-19-7-10-35-11-8-19/h4-5,12-13,15,17,19,23,27,31H,6-11,14H2,1-3H3,(H,33,34)/t17-,23+/m1/s1. The number of aryl methyl sites for hydroxylation is 2. The van der Waals surface area contributed by atoms with Crippen LogP contribution in [0.5, 0.6) is 0 Å². The zero-order valence-electron chi connectivity index (χ0n) is 20.5. The first-order chi connectivity index (χ1) is 16.7. The third kappa shape index (κ3) is 5.63. The molecule has 1 aliphatic heterocycles. The maximum Gasteiger partial charge on any atom is 0.323 e. The van der Waals surface area contributed by atoms with Gasteiger partial charge in [-0.1, -0.05) is 6.07 Å². The summed E-state index contributed by atoms with van der Waals surface area (Å²) in [5, 5.41) is 21.8. The second-order valence-electron chi connectivity index (χ2n) is 9.51. The normalized spacial score (nSPS) is 16.5. The lowest BCUT2D eigenvalue weighted by Crippen LogP contribution is -2.45. The highest BCUT2D eigenvalue weighted by Crippen LogP contribution is 2.29. The molecule has 0 spiro atoms. The maximum atomic E-state index is 12.3. The van der Waals surface area contributed by atoms with Gasteiger partial charge in [0.1, 0.15) is 11.9 Å². The number of aliphatic hydroxyl groups is 1. The molecule has 0 amide bonds. The Balaban J connectivity index is 1.66. The summed E-state index contributed by atoms with van der Waals surface area (Å²) in [6.07, 6.45) is 3.47. The summed E-state index contributed by atoms with van der Waals surface area (Å²) in [7, 11) is 1.76. The number of carbonyl (C=O) groups is 1. The van der Waals surface area contributed by atoms with Crippen LogP contribution in [0.2, 0.25) is 0 Å². The van der Waals surface area contributed by atoms with E-state index in [-0.39, 0.29) is 5.56 Å². The molecule has 2 atom stereocenters. The summed E-state index contributed by atoms with van der Waals surface area (Å²) in [6, 6.07) is 7.04. The number of nitrogens with one attached hydrogen (secondary N) is 1. The lowest BCUT2D eigenvalue weighted by atomic mass is 10.00. The van der Waals surface area contributed by atoms with Gasteiger partial charge in [0, 0.05) is 50.7 Å². The third-order valence-corrected chi connectivity index (χ3v) is 6.74. The number of ether oxygens (including phenoxy) is 1. The lowest BCUT2D eigenvalue weighted by molar-refractivity contribution is -0.142. The van der Waals surface area contributed by atoms with Crippen molar-refractivity contribution in [1.82, 2.24) is 19.4 Å². The lowest BCUT2D eigenvalue weighted by Gasteiger charge is -2.23. The molecule has 1 aliphatic rings. The number of hydrogen-bond acceptors (Lipinski definition) is 6. The highest BCUT2D eigenvalue weighted by Gasteiger charge is 2.22. The van der Waals surface area contributed by atoms with Crippen LogP contribution in [-0.4, -0.2) is 62.2 Å². The molecule has 188 valence electrons. The van der Waals surface area contributed by atoms with E-state index in [1.54, 1.807) is 11.6 Å². The van der Waals surface area contributed by atoms with Crippen molar-refractivity contribution in [2.24, 2.45) is 13.0 Å². The molecule has 0 radical (unpaired) electrons. The molecule has 1 fully saturated rings. The van der Waals surface area contributed by atoms with Crippen molar-refractivity contribution in [1.29, 1.82) is 0 Å². The average molecular weight is 483 g/mol. The molecule has 9 nitrogen and oxygen atoms in total. The monoisotopic (exact) mass is 482 g/mol. The van der Waals surface area contributed by atoms with E-state index in [1.807, 2.05) is 31.3 Å². The second-order valence-corrected chi connectivity index (χ2v) is 9.51. The number of nitrogens with zero attached hydrogens (tertiary/aromatic N) is 3. The summed E-state index contributed by atoms with van der Waals surface area (Å²) in [5.74, 6) is 0.255. The number of carboxylic acids is 1. The van der Waals surface area contributed by atoms with E-state index in [4.69, 9.17) is 9.72 Å². The fourth-order valence-electron chi connectivity index (χ4n) is 4.76.